The van der Waals surface area contributed by atoms with Crippen LogP contribution in [0.15, 0.2) is 60.7 Å². The number of aryl methyl sites for hydroxylation is 1. The average Bonchev–Trinajstić information content (AvgIpc) is 2.81. The molecule has 0 radical (unpaired) electrons. The van der Waals surface area contributed by atoms with E-state index in [1.807, 2.05) is 6.92 Å². The van der Waals surface area contributed by atoms with Gasteiger partial charge in [0.1, 0.15) is 23.9 Å². The number of ketones is 1. The number of nitrogens with zero attached hydrogens (tertiary/aromatic N) is 1. The van der Waals surface area contributed by atoms with Crippen molar-refractivity contribution in [1.82, 2.24) is 0 Å². The molecule has 0 unspecified atom stereocenters. The van der Waals surface area contributed by atoms with E-state index in [2.05, 4.69) is 5.32 Å². The maximum absolute atomic E-state index is 13.1. The molecule has 0 aliphatic carbocycles. The fourth-order valence-corrected chi connectivity index (χ4v) is 3.65. The molecule has 0 spiro atoms. The lowest BCUT2D eigenvalue weighted by atomic mass is 10.1. The van der Waals surface area contributed by atoms with Gasteiger partial charge < -0.3 is 14.8 Å². The van der Waals surface area contributed by atoms with E-state index in [0.717, 1.165) is 5.56 Å². The van der Waals surface area contributed by atoms with Gasteiger partial charge in [-0.25, -0.2) is 4.39 Å². The second-order valence-electron chi connectivity index (χ2n) is 7.63. The Bertz CT molecular complexity index is 1260. The number of rotatable bonds is 7. The molecule has 174 valence electrons. The zero-order valence-electron chi connectivity index (χ0n) is 18.1. The lowest BCUT2D eigenvalue weighted by molar-refractivity contribution is -0.123. The van der Waals surface area contributed by atoms with Crippen molar-refractivity contribution in [1.29, 1.82) is 0 Å². The quantitative estimate of drug-likeness (QED) is 0.504. The van der Waals surface area contributed by atoms with E-state index >= 15 is 0 Å². The minimum atomic E-state index is -0.480. The van der Waals surface area contributed by atoms with Gasteiger partial charge >= 0.3 is 0 Å². The third-order valence-electron chi connectivity index (χ3n) is 5.15. The molecule has 34 heavy (non-hydrogen) atoms. The van der Waals surface area contributed by atoms with Gasteiger partial charge in [0.25, 0.3) is 5.91 Å². The van der Waals surface area contributed by atoms with Crippen LogP contribution in [0.2, 0.25) is 5.02 Å². The largest absolute Gasteiger partial charge is 0.485 e. The molecular formula is C25H20ClFN2O5. The summed E-state index contributed by atoms with van der Waals surface area (Å²) in [5, 5.41) is 3.18. The molecule has 0 saturated carbocycles. The van der Waals surface area contributed by atoms with E-state index in [4.69, 9.17) is 21.1 Å². The van der Waals surface area contributed by atoms with Crippen molar-refractivity contribution in [3.63, 3.8) is 0 Å². The molecule has 0 bridgehead atoms. The molecular weight excluding hydrogens is 463 g/mol. The molecule has 7 nitrogen and oxygen atoms in total. The van der Waals surface area contributed by atoms with Crippen LogP contribution >= 0.6 is 11.6 Å². The van der Waals surface area contributed by atoms with E-state index in [-0.39, 0.29) is 25.5 Å². The van der Waals surface area contributed by atoms with Crippen LogP contribution in [-0.4, -0.2) is 37.4 Å². The fourth-order valence-electron chi connectivity index (χ4n) is 3.43. The SMILES string of the molecule is Cc1cc(Cl)ccc1OCC(=O)c1ccc2c(c1)N(CC(=O)Nc1ccc(F)cc1)C(=O)CO2. The molecule has 9 heteroatoms. The Balaban J connectivity index is 1.48. The molecule has 2 amide bonds. The number of halogens is 2. The first-order valence-corrected chi connectivity index (χ1v) is 10.7. The number of ether oxygens (including phenoxy) is 2. The zero-order valence-corrected chi connectivity index (χ0v) is 18.9. The predicted molar refractivity (Wildman–Crippen MR) is 125 cm³/mol. The van der Waals surface area contributed by atoms with E-state index in [1.165, 1.54) is 35.2 Å². The number of amides is 2. The van der Waals surface area contributed by atoms with Gasteiger partial charge in [-0.15, -0.1) is 0 Å². The summed E-state index contributed by atoms with van der Waals surface area (Å²) in [5.74, 6) is -0.743. The van der Waals surface area contributed by atoms with Crippen molar-refractivity contribution in [3.05, 3.63) is 82.6 Å². The highest BCUT2D eigenvalue weighted by molar-refractivity contribution is 6.30. The summed E-state index contributed by atoms with van der Waals surface area (Å²) in [6, 6.07) is 15.0. The van der Waals surface area contributed by atoms with Crippen LogP contribution in [-0.2, 0) is 9.59 Å². The molecule has 0 aromatic heterocycles. The second kappa shape index (κ2) is 9.93. The zero-order chi connectivity index (χ0) is 24.2. The monoisotopic (exact) mass is 482 g/mol. The summed E-state index contributed by atoms with van der Waals surface area (Å²) in [6.45, 7) is 1.07. The summed E-state index contributed by atoms with van der Waals surface area (Å²) in [7, 11) is 0. The van der Waals surface area contributed by atoms with Crippen LogP contribution in [0.3, 0.4) is 0 Å². The first-order chi connectivity index (χ1) is 16.3. The number of carbonyl (C=O) groups excluding carboxylic acids is 3. The van der Waals surface area contributed by atoms with Crippen LogP contribution in [0.5, 0.6) is 11.5 Å². The van der Waals surface area contributed by atoms with Gasteiger partial charge in [-0.2, -0.15) is 0 Å². The average molecular weight is 483 g/mol. The molecule has 0 fully saturated rings. The summed E-state index contributed by atoms with van der Waals surface area (Å²) >= 11 is 5.95. The van der Waals surface area contributed by atoms with Crippen molar-refractivity contribution < 1.29 is 28.2 Å². The maximum Gasteiger partial charge on any atom is 0.265 e. The number of anilines is 2. The Kier molecular flexibility index (Phi) is 6.79. The van der Waals surface area contributed by atoms with Crippen molar-refractivity contribution in [3.8, 4) is 11.5 Å². The molecule has 0 saturated heterocycles. The minimum absolute atomic E-state index is 0.221. The predicted octanol–water partition coefficient (Wildman–Crippen LogP) is 4.41. The first-order valence-electron chi connectivity index (χ1n) is 10.3. The number of fused-ring (bicyclic) bond motifs is 1. The molecule has 1 heterocycles. The van der Waals surface area contributed by atoms with Crippen molar-refractivity contribution in [2.75, 3.05) is 30.0 Å². The Labute approximate surface area is 200 Å². The highest BCUT2D eigenvalue weighted by Gasteiger charge is 2.28. The Morgan fingerprint density at radius 2 is 1.88 bits per heavy atom. The van der Waals surface area contributed by atoms with Gasteiger partial charge in [0.15, 0.2) is 19.0 Å². The smallest absolute Gasteiger partial charge is 0.265 e. The Morgan fingerprint density at radius 1 is 1.12 bits per heavy atom. The maximum atomic E-state index is 13.1. The Morgan fingerprint density at radius 3 is 2.62 bits per heavy atom. The van der Waals surface area contributed by atoms with Gasteiger partial charge in [-0.3, -0.25) is 19.3 Å². The molecule has 4 rings (SSSR count). The number of Topliss-reactive ketones (excluding diaryl/α,β-unsaturated/α-hetero) is 1. The summed E-state index contributed by atoms with van der Waals surface area (Å²) in [5.41, 5.74) is 1.79. The molecule has 1 aliphatic rings. The van der Waals surface area contributed by atoms with Gasteiger partial charge in [0.2, 0.25) is 5.91 Å². The first kappa shape index (κ1) is 23.3. The van der Waals surface area contributed by atoms with Crippen LogP contribution in [0.4, 0.5) is 15.8 Å². The van der Waals surface area contributed by atoms with Crippen molar-refractivity contribution in [2.45, 2.75) is 6.92 Å². The van der Waals surface area contributed by atoms with Crippen LogP contribution < -0.4 is 19.7 Å². The van der Waals surface area contributed by atoms with Gasteiger partial charge in [-0.1, -0.05) is 11.6 Å². The molecule has 3 aromatic carbocycles. The lowest BCUT2D eigenvalue weighted by Gasteiger charge is -2.29. The molecule has 1 aliphatic heterocycles. The number of carbonyl (C=O) groups is 3. The fraction of sp³-hybridized carbons (Fsp3) is 0.160. The third kappa shape index (κ3) is 5.35. The van der Waals surface area contributed by atoms with Crippen molar-refractivity contribution in [2.24, 2.45) is 0 Å². The van der Waals surface area contributed by atoms with Crippen LogP contribution in [0.25, 0.3) is 0 Å². The number of hydrogen-bond acceptors (Lipinski definition) is 5. The highest BCUT2D eigenvalue weighted by Crippen LogP contribution is 2.33. The molecule has 0 atom stereocenters. The lowest BCUT2D eigenvalue weighted by Crippen LogP contribution is -2.43. The summed E-state index contributed by atoms with van der Waals surface area (Å²) < 4.78 is 24.2. The highest BCUT2D eigenvalue weighted by atomic mass is 35.5. The minimum Gasteiger partial charge on any atom is -0.485 e. The summed E-state index contributed by atoms with van der Waals surface area (Å²) in [6.07, 6.45) is 0. The normalized spacial score (nSPS) is 12.6. The molecule has 3 aromatic rings. The Hall–Kier alpha value is -3.91. The standard InChI is InChI=1S/C25H20ClFN2O5/c1-15-10-17(26)3-9-22(15)33-13-21(30)16-2-8-23-20(11-16)29(25(32)14-34-23)12-24(31)28-19-6-4-18(27)5-7-19/h2-11H,12-14H2,1H3,(H,28,31). The second-order valence-corrected chi connectivity index (χ2v) is 8.06. The van der Waals surface area contributed by atoms with Crippen molar-refractivity contribution >= 4 is 40.6 Å². The van der Waals surface area contributed by atoms with E-state index in [9.17, 15) is 18.8 Å². The molecule has 1 N–H and O–H groups in total. The van der Waals surface area contributed by atoms with Crippen LogP contribution in [0, 0.1) is 12.7 Å². The third-order valence-corrected chi connectivity index (χ3v) is 5.38. The van der Waals surface area contributed by atoms with E-state index < -0.39 is 17.6 Å². The number of nitrogens with one attached hydrogen (secondary N) is 1. The van der Waals surface area contributed by atoms with Crippen LogP contribution in [0.1, 0.15) is 15.9 Å². The van der Waals surface area contributed by atoms with Gasteiger partial charge in [0, 0.05) is 16.3 Å². The van der Waals surface area contributed by atoms with Gasteiger partial charge in [0.05, 0.1) is 5.69 Å². The van der Waals surface area contributed by atoms with E-state index in [1.54, 1.807) is 30.3 Å². The van der Waals surface area contributed by atoms with Gasteiger partial charge in [-0.05, 0) is 73.2 Å². The summed E-state index contributed by atoms with van der Waals surface area (Å²) in [4.78, 5) is 39.0. The number of hydrogen-bond donors (Lipinski definition) is 1. The number of benzene rings is 3. The topological polar surface area (TPSA) is 84.9 Å². The van der Waals surface area contributed by atoms with E-state index in [0.29, 0.717) is 33.5 Å².